The van der Waals surface area contributed by atoms with Crippen molar-refractivity contribution in [3.63, 3.8) is 0 Å². The van der Waals surface area contributed by atoms with E-state index in [2.05, 4.69) is 17.6 Å². The van der Waals surface area contributed by atoms with Crippen LogP contribution in [0.25, 0.3) is 0 Å². The van der Waals surface area contributed by atoms with Crippen LogP contribution < -0.4 is 15.4 Å². The molecule has 1 atom stereocenters. The molecule has 1 aliphatic rings. The highest BCUT2D eigenvalue weighted by atomic mass is 16.5. The third-order valence-electron chi connectivity index (χ3n) is 5.22. The first-order chi connectivity index (χ1) is 15.0. The minimum absolute atomic E-state index is 0.0351. The van der Waals surface area contributed by atoms with Crippen LogP contribution >= 0.6 is 0 Å². The standard InChI is InChI=1S/C24H29N3O4/c1-3-5-14-27-16-18(15-22(27)28)24(30)25-19-12-10-17(11-13-19)23(29)26-20-8-6-7-9-21(20)31-4-2/h6-13,18H,3-5,14-16H2,1-2H3,(H,25,30)(H,26,29)/t18-/m1/s1. The van der Waals surface area contributed by atoms with E-state index in [0.29, 0.717) is 42.4 Å². The summed E-state index contributed by atoms with van der Waals surface area (Å²) in [5, 5.41) is 5.70. The van der Waals surface area contributed by atoms with Gasteiger partial charge in [0.25, 0.3) is 5.91 Å². The summed E-state index contributed by atoms with van der Waals surface area (Å²) in [4.78, 5) is 39.0. The number of unbranched alkanes of at least 4 members (excludes halogenated alkanes) is 1. The molecule has 0 aromatic heterocycles. The molecule has 7 heteroatoms. The molecule has 2 aromatic carbocycles. The zero-order valence-corrected chi connectivity index (χ0v) is 18.0. The predicted molar refractivity (Wildman–Crippen MR) is 120 cm³/mol. The van der Waals surface area contributed by atoms with E-state index in [1.807, 2.05) is 19.1 Å². The molecule has 164 valence electrons. The highest BCUT2D eigenvalue weighted by molar-refractivity contribution is 6.05. The van der Waals surface area contributed by atoms with Gasteiger partial charge in [0.05, 0.1) is 18.2 Å². The Hall–Kier alpha value is -3.35. The molecule has 1 aliphatic heterocycles. The smallest absolute Gasteiger partial charge is 0.255 e. The van der Waals surface area contributed by atoms with Crippen molar-refractivity contribution in [1.29, 1.82) is 0 Å². The first-order valence-corrected chi connectivity index (χ1v) is 10.7. The number of carbonyl (C=O) groups excluding carboxylic acids is 3. The van der Waals surface area contributed by atoms with Gasteiger partial charge in [-0.15, -0.1) is 0 Å². The van der Waals surface area contributed by atoms with Gasteiger partial charge in [0, 0.05) is 30.8 Å². The molecule has 0 radical (unpaired) electrons. The van der Waals surface area contributed by atoms with Gasteiger partial charge in [-0.3, -0.25) is 14.4 Å². The maximum absolute atomic E-state index is 12.6. The third-order valence-corrected chi connectivity index (χ3v) is 5.22. The number of rotatable bonds is 9. The fraction of sp³-hybridized carbons (Fsp3) is 0.375. The summed E-state index contributed by atoms with van der Waals surface area (Å²) in [5.74, 6) is -0.134. The van der Waals surface area contributed by atoms with E-state index in [9.17, 15) is 14.4 Å². The Labute approximate surface area is 182 Å². The van der Waals surface area contributed by atoms with Gasteiger partial charge < -0.3 is 20.3 Å². The van der Waals surface area contributed by atoms with Crippen LogP contribution in [0.1, 0.15) is 43.5 Å². The van der Waals surface area contributed by atoms with Crippen molar-refractivity contribution >= 4 is 29.1 Å². The van der Waals surface area contributed by atoms with Crippen molar-refractivity contribution in [3.05, 3.63) is 54.1 Å². The Morgan fingerprint density at radius 1 is 1.06 bits per heavy atom. The monoisotopic (exact) mass is 423 g/mol. The van der Waals surface area contributed by atoms with Gasteiger partial charge in [0.15, 0.2) is 0 Å². The Balaban J connectivity index is 1.57. The van der Waals surface area contributed by atoms with Crippen LogP contribution in [0.4, 0.5) is 11.4 Å². The van der Waals surface area contributed by atoms with Crippen LogP contribution in [0.15, 0.2) is 48.5 Å². The second-order valence-corrected chi connectivity index (χ2v) is 7.54. The molecule has 1 heterocycles. The van der Waals surface area contributed by atoms with E-state index in [-0.39, 0.29) is 30.1 Å². The quantitative estimate of drug-likeness (QED) is 0.640. The number of benzene rings is 2. The summed E-state index contributed by atoms with van der Waals surface area (Å²) in [6, 6.07) is 13.9. The van der Waals surface area contributed by atoms with Gasteiger partial charge in [-0.2, -0.15) is 0 Å². The van der Waals surface area contributed by atoms with Gasteiger partial charge in [-0.1, -0.05) is 25.5 Å². The molecule has 1 saturated heterocycles. The number of anilines is 2. The van der Waals surface area contributed by atoms with Crippen LogP contribution in [0.3, 0.4) is 0 Å². The lowest BCUT2D eigenvalue weighted by Crippen LogP contribution is -2.29. The number of hydrogen-bond donors (Lipinski definition) is 2. The average Bonchev–Trinajstić information content (AvgIpc) is 3.15. The van der Waals surface area contributed by atoms with E-state index in [1.54, 1.807) is 41.3 Å². The minimum atomic E-state index is -0.345. The Morgan fingerprint density at radius 3 is 2.52 bits per heavy atom. The van der Waals surface area contributed by atoms with Crippen LogP contribution in [-0.2, 0) is 9.59 Å². The summed E-state index contributed by atoms with van der Waals surface area (Å²) in [6.45, 7) is 5.63. The Kier molecular flexibility index (Phi) is 7.65. The first kappa shape index (κ1) is 22.3. The number of likely N-dealkylation sites (tertiary alicyclic amines) is 1. The molecular weight excluding hydrogens is 394 g/mol. The van der Waals surface area contributed by atoms with Crippen molar-refractivity contribution < 1.29 is 19.1 Å². The largest absolute Gasteiger partial charge is 0.492 e. The van der Waals surface area contributed by atoms with Crippen molar-refractivity contribution in [2.45, 2.75) is 33.1 Å². The Bertz CT molecular complexity index is 927. The van der Waals surface area contributed by atoms with E-state index in [4.69, 9.17) is 4.74 Å². The second-order valence-electron chi connectivity index (χ2n) is 7.54. The third kappa shape index (κ3) is 5.84. The molecule has 0 aliphatic carbocycles. The highest BCUT2D eigenvalue weighted by Crippen LogP contribution is 2.25. The van der Waals surface area contributed by atoms with E-state index in [0.717, 1.165) is 12.8 Å². The van der Waals surface area contributed by atoms with Gasteiger partial charge in [-0.25, -0.2) is 0 Å². The number of amides is 3. The summed E-state index contributed by atoms with van der Waals surface area (Å²) in [5.41, 5.74) is 1.66. The normalized spacial score (nSPS) is 15.6. The zero-order chi connectivity index (χ0) is 22.2. The SMILES string of the molecule is CCCCN1C[C@H](C(=O)Nc2ccc(C(=O)Nc3ccccc3OCC)cc2)CC1=O. The fourth-order valence-electron chi connectivity index (χ4n) is 3.51. The number of nitrogens with zero attached hydrogens (tertiary/aromatic N) is 1. The number of nitrogens with one attached hydrogen (secondary N) is 2. The van der Waals surface area contributed by atoms with Crippen LogP contribution in [0.2, 0.25) is 0 Å². The molecule has 0 saturated carbocycles. The minimum Gasteiger partial charge on any atom is -0.492 e. The average molecular weight is 424 g/mol. The molecule has 3 amide bonds. The maximum atomic E-state index is 12.6. The molecule has 31 heavy (non-hydrogen) atoms. The molecule has 0 spiro atoms. The lowest BCUT2D eigenvalue weighted by Gasteiger charge is -2.16. The molecule has 3 rings (SSSR count). The van der Waals surface area contributed by atoms with Crippen molar-refractivity contribution in [2.75, 3.05) is 30.3 Å². The molecule has 2 aromatic rings. The molecule has 7 nitrogen and oxygen atoms in total. The lowest BCUT2D eigenvalue weighted by molar-refractivity contribution is -0.128. The maximum Gasteiger partial charge on any atom is 0.255 e. The van der Waals surface area contributed by atoms with Gasteiger partial charge in [0.2, 0.25) is 11.8 Å². The van der Waals surface area contributed by atoms with E-state index in [1.165, 1.54) is 0 Å². The first-order valence-electron chi connectivity index (χ1n) is 10.7. The van der Waals surface area contributed by atoms with Crippen LogP contribution in [0.5, 0.6) is 5.75 Å². The number of hydrogen-bond acceptors (Lipinski definition) is 4. The number of carbonyl (C=O) groups is 3. The number of para-hydroxylation sites is 2. The fourth-order valence-corrected chi connectivity index (χ4v) is 3.51. The summed E-state index contributed by atoms with van der Waals surface area (Å²) in [6.07, 6.45) is 2.20. The number of ether oxygens (including phenoxy) is 1. The van der Waals surface area contributed by atoms with Crippen molar-refractivity contribution in [1.82, 2.24) is 4.90 Å². The van der Waals surface area contributed by atoms with Gasteiger partial charge >= 0.3 is 0 Å². The summed E-state index contributed by atoms with van der Waals surface area (Å²) in [7, 11) is 0. The van der Waals surface area contributed by atoms with Crippen LogP contribution in [-0.4, -0.2) is 42.3 Å². The van der Waals surface area contributed by atoms with Crippen molar-refractivity contribution in [3.8, 4) is 5.75 Å². The lowest BCUT2D eigenvalue weighted by atomic mass is 10.1. The molecule has 0 bridgehead atoms. The van der Waals surface area contributed by atoms with E-state index >= 15 is 0 Å². The van der Waals surface area contributed by atoms with Gasteiger partial charge in [0.1, 0.15) is 5.75 Å². The molecule has 1 fully saturated rings. The van der Waals surface area contributed by atoms with Crippen molar-refractivity contribution in [2.24, 2.45) is 5.92 Å². The zero-order valence-electron chi connectivity index (χ0n) is 18.0. The second kappa shape index (κ2) is 10.6. The molecule has 2 N–H and O–H groups in total. The Morgan fingerprint density at radius 2 is 1.81 bits per heavy atom. The van der Waals surface area contributed by atoms with Gasteiger partial charge in [-0.05, 0) is 49.7 Å². The highest BCUT2D eigenvalue weighted by Gasteiger charge is 2.33. The van der Waals surface area contributed by atoms with Crippen LogP contribution in [0, 0.1) is 5.92 Å². The summed E-state index contributed by atoms with van der Waals surface area (Å²) < 4.78 is 5.53. The molecular formula is C24H29N3O4. The molecule has 0 unspecified atom stereocenters. The summed E-state index contributed by atoms with van der Waals surface area (Å²) >= 11 is 0. The predicted octanol–water partition coefficient (Wildman–Crippen LogP) is 3.92. The van der Waals surface area contributed by atoms with E-state index < -0.39 is 0 Å². The topological polar surface area (TPSA) is 87.7 Å².